The smallest absolute Gasteiger partial charge is 0.125 e. The second-order valence-electron chi connectivity index (χ2n) is 4.48. The van der Waals surface area contributed by atoms with Crippen molar-refractivity contribution < 1.29 is 14.2 Å². The topological polar surface area (TPSA) is 29.5 Å². The molecule has 1 heterocycles. The van der Waals surface area contributed by atoms with Crippen molar-refractivity contribution in [3.63, 3.8) is 0 Å². The molecule has 0 spiro atoms. The van der Waals surface area contributed by atoms with Gasteiger partial charge in [-0.05, 0) is 35.7 Å². The van der Waals surface area contributed by atoms with Crippen LogP contribution in [0.4, 0.5) is 4.39 Å². The molecule has 0 bridgehead atoms. The molecule has 1 aromatic heterocycles. The van der Waals surface area contributed by atoms with Gasteiger partial charge in [-0.1, -0.05) is 18.2 Å². The van der Waals surface area contributed by atoms with E-state index in [4.69, 9.17) is 4.74 Å². The zero-order valence-corrected chi connectivity index (χ0v) is 11.7. The Kier molecular flexibility index (Phi) is 3.42. The van der Waals surface area contributed by atoms with Gasteiger partial charge in [-0.25, -0.2) is 4.39 Å². The first-order valence-electron chi connectivity index (χ1n) is 6.19. The monoisotopic (exact) mass is 288 g/mol. The number of benzene rings is 2. The van der Waals surface area contributed by atoms with Crippen molar-refractivity contribution in [2.75, 3.05) is 7.11 Å². The number of hydrogen-bond donors (Lipinski definition) is 1. The molecule has 0 saturated carbocycles. The Balaban J connectivity index is 2.05. The van der Waals surface area contributed by atoms with Gasteiger partial charge in [-0.3, -0.25) is 0 Å². The Labute approximate surface area is 120 Å². The van der Waals surface area contributed by atoms with Gasteiger partial charge in [0, 0.05) is 15.1 Å². The van der Waals surface area contributed by atoms with Crippen LogP contribution in [0.3, 0.4) is 0 Å². The predicted octanol–water partition coefficient (Wildman–Crippen LogP) is 4.13. The maximum Gasteiger partial charge on any atom is 0.125 e. The quantitative estimate of drug-likeness (QED) is 0.785. The summed E-state index contributed by atoms with van der Waals surface area (Å²) in [5.74, 6) is 0.372. The van der Waals surface area contributed by atoms with Crippen LogP contribution < -0.4 is 4.74 Å². The number of rotatable bonds is 3. The lowest BCUT2D eigenvalue weighted by atomic mass is 10.1. The maximum absolute atomic E-state index is 13.2. The van der Waals surface area contributed by atoms with Gasteiger partial charge < -0.3 is 9.84 Å². The van der Waals surface area contributed by atoms with Crippen LogP contribution in [0.15, 0.2) is 48.5 Å². The molecule has 20 heavy (non-hydrogen) atoms. The zero-order chi connectivity index (χ0) is 14.1. The first-order chi connectivity index (χ1) is 9.69. The molecule has 0 aliphatic carbocycles. The second kappa shape index (κ2) is 5.23. The van der Waals surface area contributed by atoms with Crippen molar-refractivity contribution in [1.82, 2.24) is 0 Å². The van der Waals surface area contributed by atoms with Gasteiger partial charge in [0.25, 0.3) is 0 Å². The Morgan fingerprint density at radius 3 is 2.75 bits per heavy atom. The summed E-state index contributed by atoms with van der Waals surface area (Å²) in [6.07, 6.45) is -0.772. The lowest BCUT2D eigenvalue weighted by Crippen LogP contribution is -2.00. The van der Waals surface area contributed by atoms with Gasteiger partial charge in [-0.2, -0.15) is 0 Å². The Hall–Kier alpha value is -1.91. The molecule has 2 nitrogen and oxygen atoms in total. The summed E-state index contributed by atoms with van der Waals surface area (Å²) in [5, 5.41) is 11.3. The third kappa shape index (κ3) is 2.28. The number of fused-ring (bicyclic) bond motifs is 1. The largest absolute Gasteiger partial charge is 0.496 e. The second-order valence-corrected chi connectivity index (χ2v) is 5.59. The summed E-state index contributed by atoms with van der Waals surface area (Å²) in [5.41, 5.74) is 0.710. The number of thiophene rings is 1. The summed E-state index contributed by atoms with van der Waals surface area (Å²) >= 11 is 1.46. The first kappa shape index (κ1) is 13.1. The molecule has 0 aliphatic heterocycles. The predicted molar refractivity (Wildman–Crippen MR) is 78.8 cm³/mol. The molecular weight excluding hydrogens is 275 g/mol. The highest BCUT2D eigenvalue weighted by Gasteiger charge is 2.17. The van der Waals surface area contributed by atoms with E-state index in [1.54, 1.807) is 13.2 Å². The molecule has 0 aliphatic rings. The fourth-order valence-corrected chi connectivity index (χ4v) is 3.27. The summed E-state index contributed by atoms with van der Waals surface area (Å²) in [6, 6.07) is 13.8. The lowest BCUT2D eigenvalue weighted by molar-refractivity contribution is 0.218. The minimum Gasteiger partial charge on any atom is -0.496 e. The molecule has 0 fully saturated rings. The summed E-state index contributed by atoms with van der Waals surface area (Å²) in [4.78, 5) is 0.773. The third-order valence-corrected chi connectivity index (χ3v) is 4.37. The van der Waals surface area contributed by atoms with Crippen LogP contribution in [-0.4, -0.2) is 12.2 Å². The van der Waals surface area contributed by atoms with E-state index in [1.165, 1.54) is 23.5 Å². The molecular formula is C16H13FO2S. The molecule has 3 rings (SSSR count). The standard InChI is InChI=1S/C16H13FO2S/c1-19-13-5-3-2-4-12(13)16(18)15-9-10-8-11(17)6-7-14(10)20-15/h2-9,16,18H,1H3. The number of aliphatic hydroxyl groups is 1. The Bertz CT molecular complexity index is 751. The molecule has 3 aromatic rings. The van der Waals surface area contributed by atoms with Gasteiger partial charge in [0.2, 0.25) is 0 Å². The highest BCUT2D eigenvalue weighted by molar-refractivity contribution is 7.19. The highest BCUT2D eigenvalue weighted by atomic mass is 32.1. The first-order valence-corrected chi connectivity index (χ1v) is 7.00. The molecule has 0 saturated heterocycles. The van der Waals surface area contributed by atoms with Crippen molar-refractivity contribution in [1.29, 1.82) is 0 Å². The van der Waals surface area contributed by atoms with E-state index in [0.29, 0.717) is 11.3 Å². The normalized spacial score (nSPS) is 12.6. The molecule has 0 amide bonds. The minimum absolute atomic E-state index is 0.270. The highest BCUT2D eigenvalue weighted by Crippen LogP contribution is 2.36. The van der Waals surface area contributed by atoms with Crippen LogP contribution in [0.2, 0.25) is 0 Å². The summed E-state index contributed by atoms with van der Waals surface area (Å²) < 4.78 is 19.4. The van der Waals surface area contributed by atoms with Crippen LogP contribution >= 0.6 is 11.3 Å². The van der Waals surface area contributed by atoms with Gasteiger partial charge in [0.1, 0.15) is 17.7 Å². The molecule has 1 N–H and O–H groups in total. The summed E-state index contributed by atoms with van der Waals surface area (Å²) in [6.45, 7) is 0. The van der Waals surface area contributed by atoms with Crippen molar-refractivity contribution in [2.24, 2.45) is 0 Å². The molecule has 1 unspecified atom stereocenters. The lowest BCUT2D eigenvalue weighted by Gasteiger charge is -2.12. The number of ether oxygens (including phenoxy) is 1. The Morgan fingerprint density at radius 2 is 1.95 bits per heavy atom. The third-order valence-electron chi connectivity index (χ3n) is 3.20. The molecule has 1 atom stereocenters. The maximum atomic E-state index is 13.2. The number of hydrogen-bond acceptors (Lipinski definition) is 3. The van der Waals surface area contributed by atoms with Gasteiger partial charge in [-0.15, -0.1) is 11.3 Å². The number of methoxy groups -OCH3 is 1. The summed E-state index contributed by atoms with van der Waals surface area (Å²) in [7, 11) is 1.58. The molecule has 4 heteroatoms. The van der Waals surface area contributed by atoms with Crippen molar-refractivity contribution >= 4 is 21.4 Å². The van der Waals surface area contributed by atoms with E-state index in [-0.39, 0.29) is 5.82 Å². The van der Waals surface area contributed by atoms with E-state index in [2.05, 4.69) is 0 Å². The van der Waals surface area contributed by atoms with E-state index in [1.807, 2.05) is 30.3 Å². The molecule has 0 radical (unpaired) electrons. The van der Waals surface area contributed by atoms with Crippen LogP contribution in [0, 0.1) is 5.82 Å². The van der Waals surface area contributed by atoms with Crippen molar-refractivity contribution in [2.45, 2.75) is 6.10 Å². The number of aliphatic hydroxyl groups excluding tert-OH is 1. The number of para-hydroxylation sites is 1. The average molecular weight is 288 g/mol. The fourth-order valence-electron chi connectivity index (χ4n) is 2.22. The Morgan fingerprint density at radius 1 is 1.15 bits per heavy atom. The van der Waals surface area contributed by atoms with Gasteiger partial charge in [0.05, 0.1) is 7.11 Å². The van der Waals surface area contributed by atoms with Crippen molar-refractivity contribution in [3.05, 3.63) is 64.8 Å². The van der Waals surface area contributed by atoms with E-state index in [9.17, 15) is 9.50 Å². The van der Waals surface area contributed by atoms with E-state index in [0.717, 1.165) is 15.0 Å². The van der Waals surface area contributed by atoms with E-state index < -0.39 is 6.10 Å². The zero-order valence-electron chi connectivity index (χ0n) is 10.8. The van der Waals surface area contributed by atoms with E-state index >= 15 is 0 Å². The van der Waals surface area contributed by atoms with Crippen LogP contribution in [0.5, 0.6) is 5.75 Å². The molecule has 2 aromatic carbocycles. The van der Waals surface area contributed by atoms with Crippen LogP contribution in [0.1, 0.15) is 16.5 Å². The van der Waals surface area contributed by atoms with Crippen LogP contribution in [0.25, 0.3) is 10.1 Å². The minimum atomic E-state index is -0.772. The fraction of sp³-hybridized carbons (Fsp3) is 0.125. The van der Waals surface area contributed by atoms with Gasteiger partial charge in [0.15, 0.2) is 0 Å². The molecule has 102 valence electrons. The van der Waals surface area contributed by atoms with Crippen LogP contribution in [-0.2, 0) is 0 Å². The SMILES string of the molecule is COc1ccccc1C(O)c1cc2cc(F)ccc2s1. The van der Waals surface area contributed by atoms with Gasteiger partial charge >= 0.3 is 0 Å². The van der Waals surface area contributed by atoms with Crippen molar-refractivity contribution in [3.8, 4) is 5.75 Å². The average Bonchev–Trinajstić information content (AvgIpc) is 2.89. The number of halogens is 1.